The van der Waals surface area contributed by atoms with Crippen molar-refractivity contribution >= 4 is 28.6 Å². The highest BCUT2D eigenvalue weighted by molar-refractivity contribution is 5.93. The van der Waals surface area contributed by atoms with Gasteiger partial charge in [0.1, 0.15) is 35.6 Å². The van der Waals surface area contributed by atoms with Crippen LogP contribution in [0.1, 0.15) is 103 Å². The zero-order valence-electron chi connectivity index (χ0n) is 45.7. The number of aryl methyl sites for hydroxylation is 1. The van der Waals surface area contributed by atoms with Gasteiger partial charge in [-0.25, -0.2) is 4.79 Å². The second-order valence-electron chi connectivity index (χ2n) is 22.3. The SMILES string of the molecule is CO[C@]1(C)C[C@@H](C)C(=O)[C@@H](O)[C@@]2(O)CC[C@H]2OC(=O)[C@H](C)[C@@H](O[C@H]2C[C@@](C)(OC)[C@@H](OCCNCCCc3ccc4c(c3)c(=O)c(C(=O)O)cn4N3CCOCC3)[C@H](C)O2)[C@H](C)[C@H]1O[C@@H]1O[C@H](C)C[C@H](N(C)C)[C@H]1O. The number of benzene rings is 1. The van der Waals surface area contributed by atoms with E-state index < -0.39 is 113 Å². The minimum absolute atomic E-state index is 0.0216. The summed E-state index contributed by atoms with van der Waals surface area (Å²) < 4.78 is 58.9. The number of aromatic carboxylic acids is 1. The number of fused-ring (bicyclic) bond motifs is 2. The lowest BCUT2D eigenvalue weighted by molar-refractivity contribution is -0.321. The van der Waals surface area contributed by atoms with Gasteiger partial charge in [-0.2, -0.15) is 0 Å². The van der Waals surface area contributed by atoms with Crippen LogP contribution in [-0.2, 0) is 58.6 Å². The summed E-state index contributed by atoms with van der Waals surface area (Å²) in [4.78, 5) is 55.5. The second kappa shape index (κ2) is 24.6. The lowest BCUT2D eigenvalue weighted by atomic mass is 9.69. The maximum absolute atomic E-state index is 14.3. The van der Waals surface area contributed by atoms with Crippen LogP contribution in [0.5, 0.6) is 0 Å². The number of aliphatic hydroxyl groups is 3. The van der Waals surface area contributed by atoms with Crippen molar-refractivity contribution in [2.24, 2.45) is 17.8 Å². The van der Waals surface area contributed by atoms with Gasteiger partial charge >= 0.3 is 11.9 Å². The van der Waals surface area contributed by atoms with Crippen LogP contribution in [0, 0.1) is 17.8 Å². The van der Waals surface area contributed by atoms with Crippen molar-refractivity contribution in [2.45, 2.75) is 178 Å². The number of hydrogen-bond acceptors (Lipinski definition) is 19. The van der Waals surface area contributed by atoms with Gasteiger partial charge in [-0.15, -0.1) is 0 Å². The summed E-state index contributed by atoms with van der Waals surface area (Å²) >= 11 is 0. The van der Waals surface area contributed by atoms with Crippen molar-refractivity contribution < 1.29 is 77.4 Å². The first-order valence-corrected chi connectivity index (χ1v) is 26.7. The number of morpholine rings is 1. The lowest BCUT2D eigenvalue weighted by Crippen LogP contribution is -2.64. The van der Waals surface area contributed by atoms with Crippen LogP contribution < -0.4 is 15.8 Å². The van der Waals surface area contributed by atoms with E-state index in [2.05, 4.69) is 5.32 Å². The number of pyridine rings is 1. The van der Waals surface area contributed by atoms with Crippen LogP contribution in [0.3, 0.4) is 0 Å². The number of carboxylic acid groups (broad SMARTS) is 1. The van der Waals surface area contributed by atoms with Crippen molar-refractivity contribution in [2.75, 3.05) is 79.3 Å². The number of carbonyl (C=O) groups is 3. The molecule has 4 aliphatic heterocycles. The van der Waals surface area contributed by atoms with E-state index in [-0.39, 0.29) is 43.4 Å². The van der Waals surface area contributed by atoms with E-state index in [0.29, 0.717) is 69.7 Å². The second-order valence-corrected chi connectivity index (χ2v) is 22.3. The van der Waals surface area contributed by atoms with E-state index in [1.165, 1.54) is 13.3 Å². The highest BCUT2D eigenvalue weighted by Gasteiger charge is 2.59. The zero-order chi connectivity index (χ0) is 54.7. The molecule has 0 bridgehead atoms. The lowest BCUT2D eigenvalue weighted by Gasteiger charge is -2.50. The van der Waals surface area contributed by atoms with E-state index in [9.17, 15) is 39.6 Å². The van der Waals surface area contributed by atoms with E-state index >= 15 is 0 Å². The van der Waals surface area contributed by atoms with Crippen LogP contribution in [0.2, 0.25) is 0 Å². The molecular formula is C54H84N4O17. The van der Waals surface area contributed by atoms with Gasteiger partial charge in [-0.1, -0.05) is 19.9 Å². The number of ketones is 1. The van der Waals surface area contributed by atoms with Crippen LogP contribution >= 0.6 is 0 Å². The molecule has 0 amide bonds. The summed E-state index contributed by atoms with van der Waals surface area (Å²) in [6, 6.07) is 5.32. The first kappa shape index (κ1) is 59.0. The van der Waals surface area contributed by atoms with Crippen molar-refractivity contribution in [3.63, 3.8) is 0 Å². The fourth-order valence-electron chi connectivity index (χ4n) is 12.0. The fraction of sp³-hybridized carbons (Fsp3) is 0.778. The summed E-state index contributed by atoms with van der Waals surface area (Å²) in [5.41, 5.74) is -3.47. The Hall–Kier alpha value is -3.68. The Morgan fingerprint density at radius 2 is 1.63 bits per heavy atom. The number of likely N-dealkylation sites (N-methyl/N-ethyl adjacent to an activating group) is 1. The van der Waals surface area contributed by atoms with Crippen molar-refractivity contribution in [3.8, 4) is 0 Å². The summed E-state index contributed by atoms with van der Waals surface area (Å²) in [5.74, 6) is -5.25. The predicted molar refractivity (Wildman–Crippen MR) is 274 cm³/mol. The number of aromatic nitrogens is 1. The third-order valence-electron chi connectivity index (χ3n) is 16.8. The van der Waals surface area contributed by atoms with Gasteiger partial charge in [0, 0.05) is 56.6 Å². The van der Waals surface area contributed by atoms with Crippen molar-refractivity contribution in [3.05, 3.63) is 45.7 Å². The minimum atomic E-state index is -1.98. The molecule has 4 saturated heterocycles. The Morgan fingerprint density at radius 1 is 0.933 bits per heavy atom. The Balaban J connectivity index is 1.03. The number of nitrogens with zero attached hydrogens (tertiary/aromatic N) is 3. The number of esters is 1. The third kappa shape index (κ3) is 12.6. The molecule has 5 fully saturated rings. The maximum Gasteiger partial charge on any atom is 0.341 e. The van der Waals surface area contributed by atoms with Gasteiger partial charge in [0.05, 0.1) is 80.0 Å². The molecule has 7 rings (SSSR count). The highest BCUT2D eigenvalue weighted by Crippen LogP contribution is 2.44. The molecular weight excluding hydrogens is 977 g/mol. The molecule has 75 heavy (non-hydrogen) atoms. The van der Waals surface area contributed by atoms with E-state index in [1.54, 1.807) is 38.6 Å². The zero-order valence-corrected chi connectivity index (χ0v) is 45.7. The van der Waals surface area contributed by atoms with Crippen LogP contribution in [0.25, 0.3) is 10.9 Å². The van der Waals surface area contributed by atoms with Crippen molar-refractivity contribution in [1.82, 2.24) is 14.9 Å². The molecule has 0 radical (unpaired) electrons. The molecule has 0 spiro atoms. The third-order valence-corrected chi connectivity index (χ3v) is 16.8. The molecule has 422 valence electrons. The van der Waals surface area contributed by atoms with Crippen LogP contribution in [0.4, 0.5) is 0 Å². The highest BCUT2D eigenvalue weighted by atomic mass is 16.7. The number of carbonyl (C=O) groups excluding carboxylic acids is 2. The largest absolute Gasteiger partial charge is 0.477 e. The average molecular weight is 1060 g/mol. The number of methoxy groups -OCH3 is 2. The number of hydrogen-bond donors (Lipinski definition) is 5. The summed E-state index contributed by atoms with van der Waals surface area (Å²) in [7, 11) is 6.84. The maximum atomic E-state index is 14.3. The van der Waals surface area contributed by atoms with Gasteiger partial charge in [0.15, 0.2) is 18.4 Å². The molecule has 5 aliphatic rings. The molecule has 21 heteroatoms. The predicted octanol–water partition coefficient (Wildman–Crippen LogP) is 2.40. The van der Waals surface area contributed by atoms with Gasteiger partial charge in [-0.3, -0.25) is 19.1 Å². The molecule has 5 N–H and O–H groups in total. The number of rotatable bonds is 17. The Kier molecular flexibility index (Phi) is 19.3. The van der Waals surface area contributed by atoms with Gasteiger partial charge in [-0.05, 0) is 111 Å². The molecule has 17 atom stereocenters. The first-order chi connectivity index (χ1) is 35.5. The number of carboxylic acids is 1. The summed E-state index contributed by atoms with van der Waals surface area (Å²) in [6.45, 7) is 16.3. The monoisotopic (exact) mass is 1060 g/mol. The molecule has 2 aromatic rings. The molecule has 1 aromatic carbocycles. The smallest absolute Gasteiger partial charge is 0.341 e. The normalized spacial score (nSPS) is 38.3. The number of aliphatic hydroxyl groups excluding tert-OH is 2. The van der Waals surface area contributed by atoms with Crippen LogP contribution in [-0.4, -0.2) is 206 Å². The number of Topliss-reactive ketones (excluding diaryl/α,β-unsaturated/α-hetero) is 1. The standard InChI is InChI=1S/C54H84N4O17/c1-30-27-52(6,67-10)47(75-51-44(61)39(56(8)9)25-31(2)71-51)32(3)45(33(4)50(65)73-40-16-17-54(40,66)46(62)42(30)59)74-41-28-53(7,68-11)48(34(5)72-41)70-22-19-55-18-12-13-35-14-15-38-36(26-35)43(60)37(49(63)64)29-58(38)57-20-23-69-24-21-57/h14-15,26,29-34,39-41,44-48,51,55,61-62,66H,12-13,16-25,27-28H2,1-11H3,(H,63,64)/t30-,31-,32+,33-,34+,39+,40-,41+,44-,45+,46-,47-,48+,51+,52-,53-,54-/m1/s1. The molecule has 1 aliphatic carbocycles. The van der Waals surface area contributed by atoms with E-state index in [4.69, 9.17) is 42.6 Å². The summed E-state index contributed by atoms with van der Waals surface area (Å²) in [6.07, 6.45) is -5.72. The fourth-order valence-corrected chi connectivity index (χ4v) is 12.0. The minimum Gasteiger partial charge on any atom is -0.477 e. The molecule has 1 saturated carbocycles. The number of nitrogens with one attached hydrogen (secondary N) is 1. The Morgan fingerprint density at radius 3 is 2.27 bits per heavy atom. The first-order valence-electron chi connectivity index (χ1n) is 26.7. The van der Waals surface area contributed by atoms with Gasteiger partial charge in [0.2, 0.25) is 5.43 Å². The molecule has 5 heterocycles. The Bertz CT molecular complexity index is 2350. The van der Waals surface area contributed by atoms with Crippen LogP contribution in [0.15, 0.2) is 29.2 Å². The Labute approximate surface area is 440 Å². The molecule has 1 aromatic heterocycles. The van der Waals surface area contributed by atoms with Gasteiger partial charge < -0.3 is 78.3 Å². The summed E-state index contributed by atoms with van der Waals surface area (Å²) in [5, 5.41) is 50.4. The van der Waals surface area contributed by atoms with Crippen molar-refractivity contribution in [1.29, 1.82) is 0 Å². The molecule has 21 nitrogen and oxygen atoms in total. The average Bonchev–Trinajstić information content (AvgIpc) is 3.38. The van der Waals surface area contributed by atoms with E-state index in [1.807, 2.05) is 63.8 Å². The van der Waals surface area contributed by atoms with E-state index in [0.717, 1.165) is 12.0 Å². The topological polar surface area (TPSA) is 256 Å². The number of ether oxygens (including phenoxy) is 9. The molecule has 0 unspecified atom stereocenters. The quantitative estimate of drug-likeness (QED) is 0.113. The van der Waals surface area contributed by atoms with Gasteiger partial charge in [0.25, 0.3) is 0 Å².